The molecular weight excluding hydrogens is 373 g/mol. The number of aryl methyl sites for hydroxylation is 2. The molecule has 1 aliphatic heterocycles. The number of alkyl halides is 3. The molecule has 0 saturated heterocycles. The second kappa shape index (κ2) is 6.50. The lowest BCUT2D eigenvalue weighted by molar-refractivity contribution is -0.140. The number of aromatic nitrogens is 4. The maximum absolute atomic E-state index is 13.5. The van der Waals surface area contributed by atoms with E-state index in [-0.39, 0.29) is 35.7 Å². The third-order valence-electron chi connectivity index (χ3n) is 4.69. The van der Waals surface area contributed by atoms with Crippen LogP contribution in [0.5, 0.6) is 5.75 Å². The Bertz CT molecular complexity index is 1070. The van der Waals surface area contributed by atoms with Crippen molar-refractivity contribution < 1.29 is 22.7 Å². The molecule has 9 heteroatoms. The number of carbonyl (C=O) groups excluding carboxylic acids is 1. The van der Waals surface area contributed by atoms with Crippen LogP contribution in [0.2, 0.25) is 0 Å². The van der Waals surface area contributed by atoms with Crippen LogP contribution in [0.1, 0.15) is 33.9 Å². The summed E-state index contributed by atoms with van der Waals surface area (Å²) in [7, 11) is 1.43. The zero-order valence-corrected chi connectivity index (χ0v) is 15.2. The normalized spacial score (nSPS) is 14.1. The fourth-order valence-electron chi connectivity index (χ4n) is 3.39. The molecule has 3 heterocycles. The number of nitrogens with zero attached hydrogens (tertiary/aromatic N) is 4. The van der Waals surface area contributed by atoms with Crippen molar-refractivity contribution in [2.24, 2.45) is 7.05 Å². The standard InChI is InChI=1S/C19H17F3N4O2/c1-11-23-4-5-26(11)9-12-7-13(17-14(8-12)16(27)3-6-28-17)15-10-25(2)24-18(15)19(20,21)22/h4-5,7-8,10H,3,6,9H2,1-2H3. The lowest BCUT2D eigenvalue weighted by Gasteiger charge is -2.21. The van der Waals surface area contributed by atoms with Crippen LogP contribution in [0.3, 0.4) is 0 Å². The molecule has 28 heavy (non-hydrogen) atoms. The molecule has 1 aromatic carbocycles. The number of Topliss-reactive ketones (excluding diaryl/α,β-unsaturated/α-hetero) is 1. The van der Waals surface area contributed by atoms with E-state index in [1.807, 2.05) is 11.5 Å². The SMILES string of the molecule is Cc1nccn1Cc1cc2c(c(-c3cn(C)nc3C(F)(F)F)c1)OCCC2=O. The van der Waals surface area contributed by atoms with Crippen molar-refractivity contribution in [2.75, 3.05) is 6.61 Å². The number of benzene rings is 1. The minimum atomic E-state index is -4.63. The van der Waals surface area contributed by atoms with Crippen molar-refractivity contribution >= 4 is 5.78 Å². The zero-order chi connectivity index (χ0) is 20.1. The lowest BCUT2D eigenvalue weighted by atomic mass is 9.94. The van der Waals surface area contributed by atoms with Crippen LogP contribution >= 0.6 is 0 Å². The minimum absolute atomic E-state index is 0.106. The molecule has 2 aromatic heterocycles. The van der Waals surface area contributed by atoms with E-state index in [9.17, 15) is 18.0 Å². The summed E-state index contributed by atoms with van der Waals surface area (Å²) in [5, 5.41) is 3.58. The van der Waals surface area contributed by atoms with Crippen molar-refractivity contribution in [3.8, 4) is 16.9 Å². The van der Waals surface area contributed by atoms with Crippen molar-refractivity contribution in [3.05, 3.63) is 53.4 Å². The van der Waals surface area contributed by atoms with Gasteiger partial charge in [-0.05, 0) is 24.6 Å². The number of fused-ring (bicyclic) bond motifs is 1. The largest absolute Gasteiger partial charge is 0.492 e. The highest BCUT2D eigenvalue weighted by atomic mass is 19.4. The first-order valence-electron chi connectivity index (χ1n) is 8.66. The van der Waals surface area contributed by atoms with Crippen LogP contribution in [-0.2, 0) is 19.8 Å². The fourth-order valence-corrected chi connectivity index (χ4v) is 3.39. The number of hydrogen-bond donors (Lipinski definition) is 0. The summed E-state index contributed by atoms with van der Waals surface area (Å²) in [5.74, 6) is 0.796. The van der Waals surface area contributed by atoms with Crippen LogP contribution in [-0.4, -0.2) is 31.7 Å². The summed E-state index contributed by atoms with van der Waals surface area (Å²) in [6.07, 6.45) is 0.287. The molecule has 3 aromatic rings. The highest BCUT2D eigenvalue weighted by Gasteiger charge is 2.38. The number of carbonyl (C=O) groups is 1. The molecule has 0 saturated carbocycles. The van der Waals surface area contributed by atoms with Gasteiger partial charge in [0.25, 0.3) is 0 Å². The quantitative estimate of drug-likeness (QED) is 0.685. The Hall–Kier alpha value is -3.10. The van der Waals surface area contributed by atoms with Crippen LogP contribution < -0.4 is 4.74 Å². The Labute approximate surface area is 158 Å². The van der Waals surface area contributed by atoms with Gasteiger partial charge in [-0.3, -0.25) is 9.48 Å². The number of rotatable bonds is 3. The highest BCUT2D eigenvalue weighted by Crippen LogP contribution is 2.43. The van der Waals surface area contributed by atoms with Gasteiger partial charge in [0.2, 0.25) is 0 Å². The summed E-state index contributed by atoms with van der Waals surface area (Å²) in [6, 6.07) is 3.31. The van der Waals surface area contributed by atoms with Gasteiger partial charge in [0.1, 0.15) is 11.6 Å². The topological polar surface area (TPSA) is 61.9 Å². The smallest absolute Gasteiger partial charge is 0.435 e. The second-order valence-electron chi connectivity index (χ2n) is 6.71. The van der Waals surface area contributed by atoms with E-state index < -0.39 is 11.9 Å². The first kappa shape index (κ1) is 18.3. The molecule has 0 bridgehead atoms. The minimum Gasteiger partial charge on any atom is -0.492 e. The Balaban J connectivity index is 1.92. The summed E-state index contributed by atoms with van der Waals surface area (Å²) in [6.45, 7) is 2.35. The summed E-state index contributed by atoms with van der Waals surface area (Å²) >= 11 is 0. The van der Waals surface area contributed by atoms with Crippen molar-refractivity contribution in [1.29, 1.82) is 0 Å². The van der Waals surface area contributed by atoms with Gasteiger partial charge < -0.3 is 9.30 Å². The monoisotopic (exact) mass is 390 g/mol. The molecule has 0 spiro atoms. The summed E-state index contributed by atoms with van der Waals surface area (Å²) < 4.78 is 49.2. The molecule has 4 rings (SSSR count). The first-order chi connectivity index (χ1) is 13.2. The molecule has 1 aliphatic rings. The van der Waals surface area contributed by atoms with Crippen molar-refractivity contribution in [1.82, 2.24) is 19.3 Å². The van der Waals surface area contributed by atoms with Crippen LogP contribution in [0.4, 0.5) is 13.2 Å². The van der Waals surface area contributed by atoms with E-state index in [0.717, 1.165) is 10.5 Å². The van der Waals surface area contributed by atoms with E-state index in [0.29, 0.717) is 17.7 Å². The van der Waals surface area contributed by atoms with E-state index in [1.165, 1.54) is 13.2 Å². The van der Waals surface area contributed by atoms with Gasteiger partial charge >= 0.3 is 6.18 Å². The number of hydrogen-bond acceptors (Lipinski definition) is 4. The summed E-state index contributed by atoms with van der Waals surface area (Å²) in [5.41, 5.74) is 0.0952. The molecule has 0 amide bonds. The van der Waals surface area contributed by atoms with E-state index in [2.05, 4.69) is 10.1 Å². The predicted molar refractivity (Wildman–Crippen MR) is 94.2 cm³/mol. The first-order valence-corrected chi connectivity index (χ1v) is 8.66. The number of ether oxygens (including phenoxy) is 1. The molecule has 6 nitrogen and oxygen atoms in total. The van der Waals surface area contributed by atoms with E-state index in [1.54, 1.807) is 24.5 Å². The van der Waals surface area contributed by atoms with Crippen LogP contribution in [0.15, 0.2) is 30.7 Å². The van der Waals surface area contributed by atoms with Gasteiger partial charge in [0, 0.05) is 49.7 Å². The average molecular weight is 390 g/mol. The third-order valence-corrected chi connectivity index (χ3v) is 4.69. The molecule has 0 aliphatic carbocycles. The molecule has 0 unspecified atom stereocenters. The summed E-state index contributed by atoms with van der Waals surface area (Å²) in [4.78, 5) is 16.6. The Morgan fingerprint density at radius 2 is 1.96 bits per heavy atom. The van der Waals surface area contributed by atoms with Gasteiger partial charge in [0.05, 0.1) is 12.2 Å². The van der Waals surface area contributed by atoms with Gasteiger partial charge in [0.15, 0.2) is 11.5 Å². The predicted octanol–water partition coefficient (Wildman–Crippen LogP) is 3.62. The maximum Gasteiger partial charge on any atom is 0.435 e. The number of ketones is 1. The maximum atomic E-state index is 13.5. The molecule has 146 valence electrons. The van der Waals surface area contributed by atoms with Gasteiger partial charge in [-0.2, -0.15) is 18.3 Å². The Kier molecular flexibility index (Phi) is 4.24. The molecule has 0 radical (unpaired) electrons. The number of halogens is 3. The van der Waals surface area contributed by atoms with E-state index >= 15 is 0 Å². The van der Waals surface area contributed by atoms with Crippen molar-refractivity contribution in [2.45, 2.75) is 26.1 Å². The fraction of sp³-hybridized carbons (Fsp3) is 0.316. The molecule has 0 fully saturated rings. The van der Waals surface area contributed by atoms with Crippen LogP contribution in [0.25, 0.3) is 11.1 Å². The molecular formula is C19H17F3N4O2. The van der Waals surface area contributed by atoms with Crippen molar-refractivity contribution in [3.63, 3.8) is 0 Å². The molecule has 0 atom stereocenters. The van der Waals surface area contributed by atoms with E-state index in [4.69, 9.17) is 4.74 Å². The Morgan fingerprint density at radius 1 is 1.21 bits per heavy atom. The highest BCUT2D eigenvalue weighted by molar-refractivity contribution is 6.02. The van der Waals surface area contributed by atoms with Gasteiger partial charge in [-0.1, -0.05) is 0 Å². The zero-order valence-electron chi connectivity index (χ0n) is 15.2. The average Bonchev–Trinajstić information content (AvgIpc) is 3.21. The third kappa shape index (κ3) is 3.17. The Morgan fingerprint density at radius 3 is 2.64 bits per heavy atom. The molecule has 0 N–H and O–H groups in total. The van der Waals surface area contributed by atoms with Gasteiger partial charge in [-0.25, -0.2) is 4.98 Å². The van der Waals surface area contributed by atoms with Gasteiger partial charge in [-0.15, -0.1) is 0 Å². The van der Waals surface area contributed by atoms with Crippen LogP contribution in [0, 0.1) is 6.92 Å². The lowest BCUT2D eigenvalue weighted by Crippen LogP contribution is -2.17. The second-order valence-corrected chi connectivity index (χ2v) is 6.71. The number of imidazole rings is 1.